The van der Waals surface area contributed by atoms with E-state index in [4.69, 9.17) is 9.47 Å². The molecular formula is C31H33F2NO3. The van der Waals surface area contributed by atoms with Crippen LogP contribution in [0.2, 0.25) is 0 Å². The fourth-order valence-electron chi connectivity index (χ4n) is 6.11. The average molecular weight is 506 g/mol. The topological polar surface area (TPSA) is 38.8 Å². The Bertz CT molecular complexity index is 1120. The molecule has 0 saturated carbocycles. The summed E-state index contributed by atoms with van der Waals surface area (Å²) < 4.78 is 39.4. The number of carbonyl (C=O) groups is 1. The Morgan fingerprint density at radius 1 is 0.919 bits per heavy atom. The molecule has 194 valence electrons. The minimum Gasteiger partial charge on any atom is -0.469 e. The van der Waals surface area contributed by atoms with Crippen molar-refractivity contribution in [3.05, 3.63) is 107 Å². The van der Waals surface area contributed by atoms with Crippen LogP contribution in [0.4, 0.5) is 8.78 Å². The van der Waals surface area contributed by atoms with E-state index in [1.165, 1.54) is 36.9 Å². The SMILES string of the molecule is COC(=O)[C@@H]1[C@@H](OC(c2ccc(F)cc2)c2ccc(F)cc2)C[C@H]2CC[C@@H]1N2CCCc1ccccc1. The molecule has 2 bridgehead atoms. The van der Waals surface area contributed by atoms with Gasteiger partial charge in [0.05, 0.1) is 19.1 Å². The number of fused-ring (bicyclic) bond motifs is 2. The molecule has 0 N–H and O–H groups in total. The van der Waals surface area contributed by atoms with E-state index in [9.17, 15) is 13.6 Å². The van der Waals surface area contributed by atoms with Crippen molar-refractivity contribution in [2.75, 3.05) is 13.7 Å². The van der Waals surface area contributed by atoms with E-state index in [0.29, 0.717) is 12.5 Å². The van der Waals surface area contributed by atoms with Crippen LogP contribution in [0, 0.1) is 17.6 Å². The molecule has 2 fully saturated rings. The number of piperidine rings is 1. The van der Waals surface area contributed by atoms with Crippen molar-refractivity contribution >= 4 is 5.97 Å². The number of halogens is 2. The van der Waals surface area contributed by atoms with Crippen molar-refractivity contribution < 1.29 is 23.0 Å². The van der Waals surface area contributed by atoms with Gasteiger partial charge in [0, 0.05) is 12.1 Å². The molecule has 3 aromatic carbocycles. The molecular weight excluding hydrogens is 472 g/mol. The van der Waals surface area contributed by atoms with Crippen LogP contribution in [0.5, 0.6) is 0 Å². The molecule has 0 amide bonds. The Morgan fingerprint density at radius 3 is 2.14 bits per heavy atom. The zero-order valence-corrected chi connectivity index (χ0v) is 21.1. The highest BCUT2D eigenvalue weighted by molar-refractivity contribution is 5.74. The molecule has 5 rings (SSSR count). The van der Waals surface area contributed by atoms with Gasteiger partial charge in [-0.25, -0.2) is 8.78 Å². The van der Waals surface area contributed by atoms with Gasteiger partial charge in [-0.05, 0) is 79.6 Å². The quantitative estimate of drug-likeness (QED) is 0.330. The fraction of sp³-hybridized carbons (Fsp3) is 0.387. The van der Waals surface area contributed by atoms with Crippen LogP contribution in [-0.2, 0) is 20.7 Å². The van der Waals surface area contributed by atoms with Gasteiger partial charge in [-0.15, -0.1) is 0 Å². The fourth-order valence-corrected chi connectivity index (χ4v) is 6.11. The number of carbonyl (C=O) groups excluding carboxylic acids is 1. The molecule has 2 heterocycles. The molecule has 2 aliphatic rings. The number of rotatable bonds is 9. The number of aryl methyl sites for hydroxylation is 1. The number of nitrogens with zero attached hydrogens (tertiary/aromatic N) is 1. The lowest BCUT2D eigenvalue weighted by molar-refractivity contribution is -0.163. The van der Waals surface area contributed by atoms with Gasteiger partial charge < -0.3 is 9.47 Å². The van der Waals surface area contributed by atoms with Crippen molar-refractivity contribution in [3.8, 4) is 0 Å². The standard InChI is InChI=1S/C31H33F2NO3/c1-36-31(35)29-27-18-17-26(34(27)19-5-8-21-6-3-2-4-7-21)20-28(29)37-30(22-9-13-24(32)14-10-22)23-11-15-25(33)16-12-23/h2-4,6-7,9-16,26-30H,5,8,17-20H2,1H3/t26-,27+,28+,29+/m1/s1. The lowest BCUT2D eigenvalue weighted by Crippen LogP contribution is -2.55. The smallest absolute Gasteiger partial charge is 0.312 e. The third kappa shape index (κ3) is 5.76. The maximum absolute atomic E-state index is 13.7. The number of esters is 1. The first-order chi connectivity index (χ1) is 18.0. The van der Waals surface area contributed by atoms with Crippen LogP contribution in [0.1, 0.15) is 48.5 Å². The molecule has 0 aliphatic carbocycles. The molecule has 2 saturated heterocycles. The van der Waals surface area contributed by atoms with Crippen LogP contribution < -0.4 is 0 Å². The Balaban J connectivity index is 1.37. The Labute approximate surface area is 217 Å². The van der Waals surface area contributed by atoms with Gasteiger partial charge in [0.2, 0.25) is 0 Å². The predicted molar refractivity (Wildman–Crippen MR) is 138 cm³/mol. The second kappa shape index (κ2) is 11.5. The maximum atomic E-state index is 13.7. The van der Waals surface area contributed by atoms with Gasteiger partial charge in [0.25, 0.3) is 0 Å². The number of hydrogen-bond acceptors (Lipinski definition) is 4. The molecule has 0 radical (unpaired) electrons. The zero-order valence-electron chi connectivity index (χ0n) is 21.1. The van der Waals surface area contributed by atoms with Crippen molar-refractivity contribution in [2.24, 2.45) is 5.92 Å². The minimum absolute atomic E-state index is 0.0501. The summed E-state index contributed by atoms with van der Waals surface area (Å²) in [7, 11) is 1.43. The first-order valence-electron chi connectivity index (χ1n) is 13.1. The highest BCUT2D eigenvalue weighted by Gasteiger charge is 2.51. The van der Waals surface area contributed by atoms with Crippen LogP contribution >= 0.6 is 0 Å². The van der Waals surface area contributed by atoms with E-state index in [2.05, 4.69) is 29.2 Å². The molecule has 2 aliphatic heterocycles. The summed E-state index contributed by atoms with van der Waals surface area (Å²) in [4.78, 5) is 15.6. The Hall–Kier alpha value is -3.09. The molecule has 4 atom stereocenters. The van der Waals surface area contributed by atoms with E-state index < -0.39 is 12.0 Å². The predicted octanol–water partition coefficient (Wildman–Crippen LogP) is 6.10. The molecule has 0 unspecified atom stereocenters. The lowest BCUT2D eigenvalue weighted by atomic mass is 9.86. The van der Waals surface area contributed by atoms with E-state index in [1.807, 2.05) is 6.07 Å². The normalized spacial score (nSPS) is 23.4. The van der Waals surface area contributed by atoms with Gasteiger partial charge in [-0.2, -0.15) is 0 Å². The van der Waals surface area contributed by atoms with E-state index in [0.717, 1.165) is 43.4 Å². The Kier molecular flexibility index (Phi) is 7.96. The van der Waals surface area contributed by atoms with Crippen LogP contribution in [0.3, 0.4) is 0 Å². The third-order valence-electron chi connectivity index (χ3n) is 7.86. The van der Waals surface area contributed by atoms with Crippen LogP contribution in [-0.4, -0.2) is 42.7 Å². The summed E-state index contributed by atoms with van der Waals surface area (Å²) in [6.45, 7) is 0.920. The van der Waals surface area contributed by atoms with E-state index in [-0.39, 0.29) is 29.7 Å². The summed E-state index contributed by atoms with van der Waals surface area (Å²) >= 11 is 0. The van der Waals surface area contributed by atoms with Gasteiger partial charge in [0.15, 0.2) is 0 Å². The van der Waals surface area contributed by atoms with E-state index >= 15 is 0 Å². The average Bonchev–Trinajstić information content (AvgIpc) is 3.20. The molecule has 6 heteroatoms. The number of hydrogen-bond donors (Lipinski definition) is 0. The number of benzene rings is 3. The first kappa shape index (κ1) is 25.6. The first-order valence-corrected chi connectivity index (χ1v) is 13.1. The van der Waals surface area contributed by atoms with Crippen LogP contribution in [0.25, 0.3) is 0 Å². The maximum Gasteiger partial charge on any atom is 0.312 e. The summed E-state index contributed by atoms with van der Waals surface area (Å²) in [6.07, 6.45) is 3.74. The summed E-state index contributed by atoms with van der Waals surface area (Å²) in [6, 6.07) is 23.1. The van der Waals surface area contributed by atoms with Crippen molar-refractivity contribution in [3.63, 3.8) is 0 Å². The minimum atomic E-state index is -0.553. The van der Waals surface area contributed by atoms with Crippen molar-refractivity contribution in [2.45, 2.75) is 56.4 Å². The van der Waals surface area contributed by atoms with Gasteiger partial charge in [-0.1, -0.05) is 54.6 Å². The zero-order chi connectivity index (χ0) is 25.8. The molecule has 0 aromatic heterocycles. The lowest BCUT2D eigenvalue weighted by Gasteiger charge is -2.44. The van der Waals surface area contributed by atoms with Crippen molar-refractivity contribution in [1.82, 2.24) is 4.90 Å². The molecule has 0 spiro atoms. The molecule has 3 aromatic rings. The second-order valence-corrected chi connectivity index (χ2v) is 10.1. The summed E-state index contributed by atoms with van der Waals surface area (Å²) in [5.41, 5.74) is 2.84. The van der Waals surface area contributed by atoms with Crippen molar-refractivity contribution in [1.29, 1.82) is 0 Å². The largest absolute Gasteiger partial charge is 0.469 e. The monoisotopic (exact) mass is 505 g/mol. The number of methoxy groups -OCH3 is 1. The highest BCUT2D eigenvalue weighted by atomic mass is 19.1. The van der Waals surface area contributed by atoms with Gasteiger partial charge in [-0.3, -0.25) is 9.69 Å². The summed E-state index contributed by atoms with van der Waals surface area (Å²) in [5, 5.41) is 0. The van der Waals surface area contributed by atoms with E-state index in [1.54, 1.807) is 24.3 Å². The second-order valence-electron chi connectivity index (χ2n) is 10.1. The summed E-state index contributed by atoms with van der Waals surface area (Å²) in [5.74, 6) is -1.36. The highest BCUT2D eigenvalue weighted by Crippen LogP contribution is 2.43. The molecule has 37 heavy (non-hydrogen) atoms. The third-order valence-corrected chi connectivity index (χ3v) is 7.86. The number of ether oxygens (including phenoxy) is 2. The Morgan fingerprint density at radius 2 is 1.54 bits per heavy atom. The van der Waals surface area contributed by atoms with Gasteiger partial charge in [0.1, 0.15) is 17.7 Å². The van der Waals surface area contributed by atoms with Gasteiger partial charge >= 0.3 is 5.97 Å². The van der Waals surface area contributed by atoms with Crippen LogP contribution in [0.15, 0.2) is 78.9 Å². The molecule has 4 nitrogen and oxygen atoms in total.